The van der Waals surface area contributed by atoms with Gasteiger partial charge in [-0.15, -0.1) is 0 Å². The maximum atomic E-state index is 6.32. The van der Waals surface area contributed by atoms with Crippen LogP contribution in [0.2, 0.25) is 5.02 Å². The summed E-state index contributed by atoms with van der Waals surface area (Å²) in [6.45, 7) is 7.33. The fourth-order valence-electron chi connectivity index (χ4n) is 2.45. The van der Waals surface area contributed by atoms with E-state index in [1.807, 2.05) is 12.1 Å². The van der Waals surface area contributed by atoms with Crippen molar-refractivity contribution in [2.24, 2.45) is 0 Å². The third-order valence-electron chi connectivity index (χ3n) is 3.24. The van der Waals surface area contributed by atoms with E-state index < -0.39 is 0 Å². The molecule has 0 saturated heterocycles. The van der Waals surface area contributed by atoms with E-state index in [4.69, 9.17) is 11.6 Å². The van der Waals surface area contributed by atoms with Gasteiger partial charge in [0.15, 0.2) is 0 Å². The zero-order valence-corrected chi connectivity index (χ0v) is 13.0. The molecule has 0 aliphatic carbocycles. The quantitative estimate of drug-likeness (QED) is 0.880. The van der Waals surface area contributed by atoms with Gasteiger partial charge < -0.3 is 5.32 Å². The molecule has 1 atom stereocenters. The van der Waals surface area contributed by atoms with E-state index in [1.165, 1.54) is 16.7 Å². The summed E-state index contributed by atoms with van der Waals surface area (Å²) in [5.41, 5.74) is 4.63. The van der Waals surface area contributed by atoms with Crippen LogP contribution in [0.25, 0.3) is 0 Å². The zero-order valence-electron chi connectivity index (χ0n) is 12.3. The SMILES string of the molecule is CCCNC(c1cc(C)cc(C)c1)c1ncccc1Cl. The largest absolute Gasteiger partial charge is 0.305 e. The van der Waals surface area contributed by atoms with Crippen molar-refractivity contribution in [2.45, 2.75) is 33.2 Å². The minimum absolute atomic E-state index is 0.0437. The summed E-state index contributed by atoms with van der Waals surface area (Å²) < 4.78 is 0. The summed E-state index contributed by atoms with van der Waals surface area (Å²) in [7, 11) is 0. The Kier molecular flexibility index (Phi) is 5.16. The van der Waals surface area contributed by atoms with E-state index in [9.17, 15) is 0 Å². The monoisotopic (exact) mass is 288 g/mol. The molecule has 106 valence electrons. The van der Waals surface area contributed by atoms with Crippen molar-refractivity contribution in [2.75, 3.05) is 6.54 Å². The van der Waals surface area contributed by atoms with E-state index in [0.717, 1.165) is 18.7 Å². The van der Waals surface area contributed by atoms with Gasteiger partial charge in [0.2, 0.25) is 0 Å². The predicted octanol–water partition coefficient (Wildman–Crippen LogP) is 4.44. The Bertz CT molecular complexity index is 561. The number of halogens is 1. The van der Waals surface area contributed by atoms with Crippen LogP contribution in [0.5, 0.6) is 0 Å². The van der Waals surface area contributed by atoms with Crippen LogP contribution in [0, 0.1) is 13.8 Å². The lowest BCUT2D eigenvalue weighted by Crippen LogP contribution is -2.24. The van der Waals surface area contributed by atoms with Crippen LogP contribution in [-0.4, -0.2) is 11.5 Å². The van der Waals surface area contributed by atoms with Gasteiger partial charge in [-0.25, -0.2) is 0 Å². The van der Waals surface area contributed by atoms with Gasteiger partial charge in [0.1, 0.15) is 0 Å². The van der Waals surface area contributed by atoms with Gasteiger partial charge in [-0.05, 0) is 44.5 Å². The molecule has 0 aliphatic rings. The van der Waals surface area contributed by atoms with Crippen LogP contribution in [-0.2, 0) is 0 Å². The number of nitrogens with one attached hydrogen (secondary N) is 1. The van der Waals surface area contributed by atoms with E-state index in [1.54, 1.807) is 6.20 Å². The molecule has 1 aromatic heterocycles. The summed E-state index contributed by atoms with van der Waals surface area (Å²) in [6, 6.07) is 10.4. The van der Waals surface area contributed by atoms with Crippen LogP contribution in [0.4, 0.5) is 0 Å². The molecule has 0 aliphatic heterocycles. The molecular formula is C17H21ClN2. The highest BCUT2D eigenvalue weighted by molar-refractivity contribution is 6.31. The van der Waals surface area contributed by atoms with Crippen LogP contribution < -0.4 is 5.32 Å². The van der Waals surface area contributed by atoms with Crippen molar-refractivity contribution in [3.63, 3.8) is 0 Å². The molecular weight excluding hydrogens is 268 g/mol. The molecule has 2 rings (SSSR count). The Morgan fingerprint density at radius 3 is 2.50 bits per heavy atom. The Morgan fingerprint density at radius 2 is 1.90 bits per heavy atom. The molecule has 3 heteroatoms. The number of aromatic nitrogens is 1. The number of pyridine rings is 1. The molecule has 1 N–H and O–H groups in total. The van der Waals surface area contributed by atoms with Crippen molar-refractivity contribution >= 4 is 11.6 Å². The zero-order chi connectivity index (χ0) is 14.5. The standard InChI is InChI=1S/C17H21ClN2/c1-4-7-19-16(17-15(18)6-5-8-20-17)14-10-12(2)9-13(3)11-14/h5-6,8-11,16,19H,4,7H2,1-3H3. The molecule has 20 heavy (non-hydrogen) atoms. The lowest BCUT2D eigenvalue weighted by atomic mass is 9.98. The molecule has 2 nitrogen and oxygen atoms in total. The summed E-state index contributed by atoms with van der Waals surface area (Å²) >= 11 is 6.32. The molecule has 0 radical (unpaired) electrons. The first kappa shape index (κ1) is 15.0. The van der Waals surface area contributed by atoms with Gasteiger partial charge in [-0.3, -0.25) is 4.98 Å². The van der Waals surface area contributed by atoms with Crippen LogP contribution in [0.3, 0.4) is 0 Å². The highest BCUT2D eigenvalue weighted by Crippen LogP contribution is 2.27. The average Bonchev–Trinajstić information content (AvgIpc) is 2.40. The second-order valence-corrected chi connectivity index (χ2v) is 5.59. The van der Waals surface area contributed by atoms with Gasteiger partial charge in [0.05, 0.1) is 16.8 Å². The summed E-state index contributed by atoms with van der Waals surface area (Å²) in [6.07, 6.45) is 2.87. The second kappa shape index (κ2) is 6.87. The van der Waals surface area contributed by atoms with Crippen LogP contribution in [0.15, 0.2) is 36.5 Å². The summed E-state index contributed by atoms with van der Waals surface area (Å²) in [5, 5.41) is 4.26. The average molecular weight is 289 g/mol. The number of hydrogen-bond donors (Lipinski definition) is 1. The molecule has 0 saturated carbocycles. The number of aryl methyl sites for hydroxylation is 2. The van der Waals surface area contributed by atoms with Crippen molar-refractivity contribution in [1.29, 1.82) is 0 Å². The minimum atomic E-state index is 0.0437. The first-order valence-corrected chi connectivity index (χ1v) is 7.41. The third-order valence-corrected chi connectivity index (χ3v) is 3.56. The van der Waals surface area contributed by atoms with Crippen molar-refractivity contribution in [3.05, 3.63) is 63.9 Å². The normalized spacial score (nSPS) is 12.4. The fourth-order valence-corrected chi connectivity index (χ4v) is 2.68. The first-order chi connectivity index (χ1) is 9.61. The molecule has 0 bridgehead atoms. The second-order valence-electron chi connectivity index (χ2n) is 5.18. The van der Waals surface area contributed by atoms with Crippen molar-refractivity contribution in [3.8, 4) is 0 Å². The van der Waals surface area contributed by atoms with Gasteiger partial charge >= 0.3 is 0 Å². The lowest BCUT2D eigenvalue weighted by molar-refractivity contribution is 0.586. The minimum Gasteiger partial charge on any atom is -0.305 e. The molecule has 1 heterocycles. The van der Waals surface area contributed by atoms with E-state index in [2.05, 4.69) is 49.3 Å². The highest BCUT2D eigenvalue weighted by Gasteiger charge is 2.18. The van der Waals surface area contributed by atoms with Crippen molar-refractivity contribution in [1.82, 2.24) is 10.3 Å². The Balaban J connectivity index is 2.44. The Labute approximate surface area is 126 Å². The molecule has 0 amide bonds. The van der Waals surface area contributed by atoms with Gasteiger partial charge in [0, 0.05) is 6.20 Å². The smallest absolute Gasteiger partial charge is 0.0804 e. The van der Waals surface area contributed by atoms with E-state index in [0.29, 0.717) is 5.02 Å². The van der Waals surface area contributed by atoms with Gasteiger partial charge in [-0.1, -0.05) is 47.9 Å². The Hall–Kier alpha value is -1.38. The predicted molar refractivity (Wildman–Crippen MR) is 85.3 cm³/mol. The first-order valence-electron chi connectivity index (χ1n) is 7.03. The number of hydrogen-bond acceptors (Lipinski definition) is 2. The molecule has 1 unspecified atom stereocenters. The highest BCUT2D eigenvalue weighted by atomic mass is 35.5. The van der Waals surface area contributed by atoms with Crippen molar-refractivity contribution < 1.29 is 0 Å². The summed E-state index contributed by atoms with van der Waals surface area (Å²) in [4.78, 5) is 4.47. The fraction of sp³-hybridized carbons (Fsp3) is 0.353. The molecule has 0 spiro atoms. The maximum absolute atomic E-state index is 6.32. The lowest BCUT2D eigenvalue weighted by Gasteiger charge is -2.20. The molecule has 0 fully saturated rings. The summed E-state index contributed by atoms with van der Waals surface area (Å²) in [5.74, 6) is 0. The van der Waals surface area contributed by atoms with Gasteiger partial charge in [-0.2, -0.15) is 0 Å². The Morgan fingerprint density at radius 1 is 1.20 bits per heavy atom. The van der Waals surface area contributed by atoms with Crippen LogP contribution >= 0.6 is 11.6 Å². The van der Waals surface area contributed by atoms with Crippen LogP contribution in [0.1, 0.15) is 41.8 Å². The number of nitrogens with zero attached hydrogens (tertiary/aromatic N) is 1. The number of benzene rings is 1. The molecule has 2 aromatic rings. The molecule has 1 aromatic carbocycles. The van der Waals surface area contributed by atoms with Gasteiger partial charge in [0.25, 0.3) is 0 Å². The third kappa shape index (κ3) is 3.59. The number of rotatable bonds is 5. The topological polar surface area (TPSA) is 24.9 Å². The maximum Gasteiger partial charge on any atom is 0.0804 e. The van der Waals surface area contributed by atoms with E-state index in [-0.39, 0.29) is 6.04 Å². The van der Waals surface area contributed by atoms with E-state index >= 15 is 0 Å².